The van der Waals surface area contributed by atoms with Crippen LogP contribution in [0.1, 0.15) is 12.8 Å². The summed E-state index contributed by atoms with van der Waals surface area (Å²) in [5.41, 5.74) is -0.198. The van der Waals surface area contributed by atoms with Crippen molar-refractivity contribution in [1.82, 2.24) is 0 Å². The summed E-state index contributed by atoms with van der Waals surface area (Å²) in [5, 5.41) is 27.6. The number of nitrogens with zero attached hydrogens (tertiary/aromatic N) is 3. The van der Waals surface area contributed by atoms with Gasteiger partial charge in [-0.1, -0.05) is 0 Å². The van der Waals surface area contributed by atoms with Crippen LogP contribution in [-0.4, -0.2) is 35.6 Å². The normalized spacial score (nSPS) is 23.4. The highest BCUT2D eigenvalue weighted by molar-refractivity contribution is 7.93. The number of benzene rings is 1. The third-order valence-electron chi connectivity index (χ3n) is 3.97. The van der Waals surface area contributed by atoms with Crippen molar-refractivity contribution in [2.75, 3.05) is 23.4 Å². The van der Waals surface area contributed by atoms with Gasteiger partial charge in [-0.2, -0.15) is 5.26 Å². The van der Waals surface area contributed by atoms with Crippen molar-refractivity contribution >= 4 is 31.1 Å². The van der Waals surface area contributed by atoms with E-state index in [2.05, 4.69) is 9.68 Å². The van der Waals surface area contributed by atoms with Gasteiger partial charge in [0.1, 0.15) is 5.69 Å². The lowest BCUT2D eigenvalue weighted by atomic mass is 10.0. The molecule has 0 radical (unpaired) electrons. The van der Waals surface area contributed by atoms with Gasteiger partial charge in [-0.15, -0.1) is 4.36 Å². The molecule has 12 heteroatoms. The summed E-state index contributed by atoms with van der Waals surface area (Å²) in [4.78, 5) is 10.1. The van der Waals surface area contributed by atoms with Crippen molar-refractivity contribution < 1.29 is 17.6 Å². The number of primary sulfonamides is 1. The number of nitrogens with one attached hydrogen (secondary N) is 1. The minimum Gasteiger partial charge on any atom is -0.379 e. The van der Waals surface area contributed by atoms with Gasteiger partial charge < -0.3 is 5.32 Å². The lowest BCUT2D eigenvalue weighted by Gasteiger charge is -2.24. The molecule has 1 heterocycles. The highest BCUT2D eigenvalue weighted by Gasteiger charge is 2.24. The van der Waals surface area contributed by atoms with Crippen LogP contribution in [-0.2, 0) is 19.8 Å². The first-order valence-electron chi connectivity index (χ1n) is 7.30. The van der Waals surface area contributed by atoms with Crippen LogP contribution in [0.3, 0.4) is 0 Å². The Labute approximate surface area is 145 Å². The molecule has 3 N–H and O–H groups in total. The first-order valence-corrected chi connectivity index (χ1v) is 10.7. The van der Waals surface area contributed by atoms with Gasteiger partial charge in [0.15, 0.2) is 0 Å². The maximum Gasteiger partial charge on any atom is 0.293 e. The fourth-order valence-electron chi connectivity index (χ4n) is 2.56. The minimum absolute atomic E-state index is 0.126. The Morgan fingerprint density at radius 3 is 2.60 bits per heavy atom. The number of rotatable bonds is 5. The molecule has 1 aliphatic rings. The van der Waals surface area contributed by atoms with Crippen LogP contribution in [0.5, 0.6) is 0 Å². The zero-order chi connectivity index (χ0) is 18.7. The number of hydrogen-bond donors (Lipinski definition) is 2. The van der Waals surface area contributed by atoms with Gasteiger partial charge in [0.05, 0.1) is 19.5 Å². The van der Waals surface area contributed by atoms with Gasteiger partial charge in [-0.25, -0.2) is 17.8 Å². The molecule has 10 nitrogen and oxygen atoms in total. The molecule has 1 saturated heterocycles. The highest BCUT2D eigenvalue weighted by Crippen LogP contribution is 2.28. The summed E-state index contributed by atoms with van der Waals surface area (Å²) in [5.74, 6) is 0.764. The van der Waals surface area contributed by atoms with Crippen LogP contribution < -0.4 is 10.5 Å². The molecule has 0 unspecified atom stereocenters. The summed E-state index contributed by atoms with van der Waals surface area (Å²) in [6, 6.07) is 3.41. The molecule has 0 saturated carbocycles. The largest absolute Gasteiger partial charge is 0.379 e. The summed E-state index contributed by atoms with van der Waals surface area (Å²) < 4.78 is 38.3. The molecule has 1 aromatic carbocycles. The quantitative estimate of drug-likeness (QED) is 0.431. The Morgan fingerprint density at radius 1 is 1.44 bits per heavy atom. The fourth-order valence-corrected chi connectivity index (χ4v) is 5.03. The van der Waals surface area contributed by atoms with Crippen LogP contribution in [0, 0.1) is 27.5 Å². The molecule has 25 heavy (non-hydrogen) atoms. The number of nitro groups is 1. The number of nitriles is 1. The van der Waals surface area contributed by atoms with Gasteiger partial charge in [0.25, 0.3) is 5.69 Å². The number of nitrogens with two attached hydrogens (primary N) is 1. The highest BCUT2D eigenvalue weighted by atomic mass is 32.2. The van der Waals surface area contributed by atoms with Crippen molar-refractivity contribution in [1.29, 1.82) is 5.26 Å². The van der Waals surface area contributed by atoms with E-state index < -0.39 is 24.7 Å². The zero-order valence-electron chi connectivity index (χ0n) is 13.1. The van der Waals surface area contributed by atoms with Gasteiger partial charge in [0.2, 0.25) is 16.2 Å². The van der Waals surface area contributed by atoms with E-state index in [0.29, 0.717) is 30.9 Å². The zero-order valence-corrected chi connectivity index (χ0v) is 14.8. The number of hydrogen-bond acceptors (Lipinski definition) is 8. The molecule has 1 fully saturated rings. The fraction of sp³-hybridized carbons (Fsp3) is 0.462. The topological polar surface area (TPSA) is 169 Å². The Kier molecular flexibility index (Phi) is 5.61. The second-order valence-corrected chi connectivity index (χ2v) is 9.78. The smallest absolute Gasteiger partial charge is 0.293 e. The van der Waals surface area contributed by atoms with Gasteiger partial charge in [-0.05, 0) is 30.9 Å². The SMILES string of the molecule is N#CN=S1(=O)CCC(CNc2ccc(S(N)(=O)=O)cc2[N+](=O)[O-])CC1. The van der Waals surface area contributed by atoms with Crippen LogP contribution in [0.2, 0.25) is 0 Å². The predicted molar refractivity (Wildman–Crippen MR) is 91.6 cm³/mol. The Morgan fingerprint density at radius 2 is 2.08 bits per heavy atom. The standard InChI is InChI=1S/C13H17N5O5S2/c14-9-17-24(21)5-3-10(4-6-24)8-16-12-2-1-11(25(15,22)23)7-13(12)18(19)20/h1-2,7,10,16H,3-6,8H2,(H2,15,22,23). The van der Waals surface area contributed by atoms with Crippen LogP contribution in [0.25, 0.3) is 0 Å². The van der Waals surface area contributed by atoms with E-state index >= 15 is 0 Å². The van der Waals surface area contributed by atoms with E-state index in [1.54, 1.807) is 6.19 Å². The third kappa shape index (κ3) is 4.88. The van der Waals surface area contributed by atoms with Crippen molar-refractivity contribution in [3.05, 3.63) is 28.3 Å². The lowest BCUT2D eigenvalue weighted by Crippen LogP contribution is -2.27. The Hall–Kier alpha value is -2.23. The second-order valence-electron chi connectivity index (χ2n) is 5.68. The van der Waals surface area contributed by atoms with Crippen molar-refractivity contribution in [2.45, 2.75) is 17.7 Å². The maximum atomic E-state index is 12.1. The van der Waals surface area contributed by atoms with E-state index in [1.165, 1.54) is 12.1 Å². The van der Waals surface area contributed by atoms with Crippen molar-refractivity contribution in [3.8, 4) is 6.19 Å². The van der Waals surface area contributed by atoms with E-state index in [-0.39, 0.29) is 22.2 Å². The summed E-state index contributed by atoms with van der Waals surface area (Å²) in [7, 11) is -6.48. The van der Waals surface area contributed by atoms with E-state index in [0.717, 1.165) is 6.07 Å². The van der Waals surface area contributed by atoms with Gasteiger partial charge in [0, 0.05) is 24.1 Å². The van der Waals surface area contributed by atoms with Gasteiger partial charge in [-0.3, -0.25) is 10.1 Å². The third-order valence-corrected chi connectivity index (χ3v) is 7.05. The lowest BCUT2D eigenvalue weighted by molar-refractivity contribution is -0.384. The molecule has 136 valence electrons. The molecule has 0 atom stereocenters. The average molecular weight is 387 g/mol. The molecule has 0 spiro atoms. The predicted octanol–water partition coefficient (Wildman–Crippen LogP) is 1.01. The first-order chi connectivity index (χ1) is 11.6. The van der Waals surface area contributed by atoms with E-state index in [4.69, 9.17) is 10.4 Å². The van der Waals surface area contributed by atoms with Crippen molar-refractivity contribution in [3.63, 3.8) is 0 Å². The summed E-state index contributed by atoms with van der Waals surface area (Å²) >= 11 is 0. The van der Waals surface area contributed by atoms with Crippen molar-refractivity contribution in [2.24, 2.45) is 15.4 Å². The number of nitro benzene ring substituents is 1. The molecule has 0 amide bonds. The number of anilines is 1. The Balaban J connectivity index is 2.09. The monoisotopic (exact) mass is 387 g/mol. The summed E-state index contributed by atoms with van der Waals surface area (Å²) in [6.45, 7) is 0.400. The Bertz CT molecular complexity index is 930. The minimum atomic E-state index is -4.03. The average Bonchev–Trinajstić information content (AvgIpc) is 2.53. The first kappa shape index (κ1) is 19.1. The molecule has 0 aliphatic carbocycles. The maximum absolute atomic E-state index is 12.1. The van der Waals surface area contributed by atoms with Gasteiger partial charge >= 0.3 is 0 Å². The second kappa shape index (κ2) is 7.34. The molecule has 1 aromatic rings. The summed E-state index contributed by atoms with van der Waals surface area (Å²) in [6.07, 6.45) is 2.75. The van der Waals surface area contributed by atoms with E-state index in [1.807, 2.05) is 0 Å². The molecular weight excluding hydrogens is 370 g/mol. The molecule has 0 bridgehead atoms. The van der Waals surface area contributed by atoms with Crippen LogP contribution in [0.4, 0.5) is 11.4 Å². The van der Waals surface area contributed by atoms with E-state index in [9.17, 15) is 22.7 Å². The van der Waals surface area contributed by atoms with Crippen LogP contribution in [0.15, 0.2) is 27.5 Å². The molecule has 0 aromatic heterocycles. The van der Waals surface area contributed by atoms with Crippen LogP contribution >= 0.6 is 0 Å². The molecule has 2 rings (SSSR count). The molecular formula is C13H17N5O5S2. The number of sulfonamides is 1. The molecule has 1 aliphatic heterocycles.